The normalized spacial score (nSPS) is 11.4. The van der Waals surface area contributed by atoms with Crippen LogP contribution < -0.4 is 0 Å². The average molecular weight is 190 g/mol. The molecule has 1 aromatic carbocycles. The Balaban J connectivity index is 2.43. The number of hydrogen-bond donors (Lipinski definition) is 0. The first kappa shape index (κ1) is 10.7. The van der Waals surface area contributed by atoms with E-state index in [-0.39, 0.29) is 5.83 Å². The van der Waals surface area contributed by atoms with Crippen molar-refractivity contribution in [3.8, 4) is 0 Å². The van der Waals surface area contributed by atoms with Gasteiger partial charge in [-0.3, -0.25) is 0 Å². The van der Waals surface area contributed by atoms with Gasteiger partial charge in [-0.2, -0.15) is 0 Å². The highest BCUT2D eigenvalue weighted by molar-refractivity contribution is 5.20. The molecular formula is C13H15F. The Kier molecular flexibility index (Phi) is 4.11. The van der Waals surface area contributed by atoms with Gasteiger partial charge in [0.2, 0.25) is 0 Å². The minimum absolute atomic E-state index is 0.194. The predicted octanol–water partition coefficient (Wildman–Crippen LogP) is 4.05. The van der Waals surface area contributed by atoms with E-state index >= 15 is 0 Å². The summed E-state index contributed by atoms with van der Waals surface area (Å²) in [5.41, 5.74) is 1.73. The van der Waals surface area contributed by atoms with E-state index in [9.17, 15) is 4.39 Å². The summed E-state index contributed by atoms with van der Waals surface area (Å²) in [6.45, 7) is 5.21. The first-order valence-corrected chi connectivity index (χ1v) is 4.75. The summed E-state index contributed by atoms with van der Waals surface area (Å²) in [4.78, 5) is 0. The lowest BCUT2D eigenvalue weighted by molar-refractivity contribution is 0.644. The molecule has 0 atom stereocenters. The maximum atomic E-state index is 13.0. The van der Waals surface area contributed by atoms with E-state index in [2.05, 4.69) is 6.58 Å². The summed E-state index contributed by atoms with van der Waals surface area (Å²) < 4.78 is 13.0. The van der Waals surface area contributed by atoms with Crippen molar-refractivity contribution in [2.45, 2.75) is 19.8 Å². The second kappa shape index (κ2) is 5.38. The number of rotatable bonds is 4. The molecule has 0 aromatic heterocycles. The van der Waals surface area contributed by atoms with E-state index in [1.807, 2.05) is 30.3 Å². The largest absolute Gasteiger partial charge is 0.207 e. The number of benzene rings is 1. The van der Waals surface area contributed by atoms with E-state index in [1.54, 1.807) is 13.0 Å². The van der Waals surface area contributed by atoms with Crippen LogP contribution in [0.5, 0.6) is 0 Å². The Bertz CT molecular complexity index is 322. The summed E-state index contributed by atoms with van der Waals surface area (Å²) in [6, 6.07) is 10.1. The zero-order valence-electron chi connectivity index (χ0n) is 8.46. The van der Waals surface area contributed by atoms with Gasteiger partial charge in [0.25, 0.3) is 0 Å². The second-order valence-corrected chi connectivity index (χ2v) is 3.36. The fourth-order valence-electron chi connectivity index (χ4n) is 1.18. The van der Waals surface area contributed by atoms with Crippen molar-refractivity contribution in [2.24, 2.45) is 0 Å². The highest BCUT2D eigenvalue weighted by Gasteiger charge is 1.94. The van der Waals surface area contributed by atoms with Gasteiger partial charge in [-0.25, -0.2) is 4.39 Å². The summed E-state index contributed by atoms with van der Waals surface area (Å²) in [6.07, 6.45) is 3.19. The molecule has 0 saturated heterocycles. The highest BCUT2D eigenvalue weighted by Crippen LogP contribution is 2.10. The number of allylic oxidation sites excluding steroid dienone is 3. The molecule has 1 aromatic rings. The molecule has 0 bridgehead atoms. The molecule has 0 aliphatic carbocycles. The second-order valence-electron chi connectivity index (χ2n) is 3.36. The van der Waals surface area contributed by atoms with Crippen LogP contribution in [0.3, 0.4) is 0 Å². The Labute approximate surface area is 84.8 Å². The minimum atomic E-state index is -0.194. The van der Waals surface area contributed by atoms with Crippen LogP contribution in [0.1, 0.15) is 18.9 Å². The van der Waals surface area contributed by atoms with Crippen molar-refractivity contribution in [2.75, 3.05) is 0 Å². The summed E-state index contributed by atoms with van der Waals surface area (Å²) in [7, 11) is 0. The van der Waals surface area contributed by atoms with Crippen molar-refractivity contribution in [1.29, 1.82) is 0 Å². The first-order chi connectivity index (χ1) is 6.70. The van der Waals surface area contributed by atoms with Gasteiger partial charge in [-0.1, -0.05) is 36.9 Å². The van der Waals surface area contributed by atoms with Gasteiger partial charge in [0.05, 0.1) is 0 Å². The monoisotopic (exact) mass is 190 g/mol. The SMILES string of the molecule is C=C(C)/C(F)=C/CCc1ccccc1. The van der Waals surface area contributed by atoms with E-state index in [1.165, 1.54) is 5.56 Å². The Morgan fingerprint density at radius 3 is 2.57 bits per heavy atom. The number of hydrogen-bond acceptors (Lipinski definition) is 0. The van der Waals surface area contributed by atoms with Crippen LogP contribution in [-0.2, 0) is 6.42 Å². The van der Waals surface area contributed by atoms with Crippen LogP contribution in [0.25, 0.3) is 0 Å². The maximum absolute atomic E-state index is 13.0. The maximum Gasteiger partial charge on any atom is 0.121 e. The van der Waals surface area contributed by atoms with Crippen molar-refractivity contribution < 1.29 is 4.39 Å². The molecule has 74 valence electrons. The summed E-state index contributed by atoms with van der Waals surface area (Å²) in [5.74, 6) is -0.194. The fraction of sp³-hybridized carbons (Fsp3) is 0.231. The molecule has 0 radical (unpaired) electrons. The third kappa shape index (κ3) is 3.56. The van der Waals surface area contributed by atoms with Crippen molar-refractivity contribution in [1.82, 2.24) is 0 Å². The zero-order valence-corrected chi connectivity index (χ0v) is 8.46. The molecule has 0 aliphatic rings. The molecule has 0 nitrogen and oxygen atoms in total. The van der Waals surface area contributed by atoms with Gasteiger partial charge in [-0.05, 0) is 37.0 Å². The molecule has 0 aliphatic heterocycles. The lowest BCUT2D eigenvalue weighted by atomic mass is 10.1. The molecule has 0 unspecified atom stereocenters. The van der Waals surface area contributed by atoms with Crippen LogP contribution in [0, 0.1) is 0 Å². The van der Waals surface area contributed by atoms with E-state index in [0.717, 1.165) is 12.8 Å². The summed E-state index contributed by atoms with van der Waals surface area (Å²) >= 11 is 0. The zero-order chi connectivity index (χ0) is 10.4. The molecule has 0 saturated carbocycles. The minimum Gasteiger partial charge on any atom is -0.207 e. The topological polar surface area (TPSA) is 0 Å². The highest BCUT2D eigenvalue weighted by atomic mass is 19.1. The third-order valence-corrected chi connectivity index (χ3v) is 2.01. The van der Waals surface area contributed by atoms with Crippen molar-refractivity contribution >= 4 is 0 Å². The molecule has 0 amide bonds. The summed E-state index contributed by atoms with van der Waals surface area (Å²) in [5, 5.41) is 0. The van der Waals surface area contributed by atoms with Crippen LogP contribution in [-0.4, -0.2) is 0 Å². The van der Waals surface area contributed by atoms with E-state index in [0.29, 0.717) is 5.57 Å². The van der Waals surface area contributed by atoms with Gasteiger partial charge < -0.3 is 0 Å². The van der Waals surface area contributed by atoms with Crippen molar-refractivity contribution in [3.63, 3.8) is 0 Å². The molecule has 1 heteroatoms. The molecule has 0 spiro atoms. The predicted molar refractivity (Wildman–Crippen MR) is 58.8 cm³/mol. The van der Waals surface area contributed by atoms with Gasteiger partial charge >= 0.3 is 0 Å². The molecular weight excluding hydrogens is 175 g/mol. The smallest absolute Gasteiger partial charge is 0.121 e. The molecule has 1 rings (SSSR count). The Morgan fingerprint density at radius 2 is 2.00 bits per heavy atom. The van der Waals surface area contributed by atoms with Crippen LogP contribution in [0.4, 0.5) is 4.39 Å². The van der Waals surface area contributed by atoms with Crippen LogP contribution >= 0.6 is 0 Å². The third-order valence-electron chi connectivity index (χ3n) is 2.01. The van der Waals surface area contributed by atoms with Gasteiger partial charge in [0.15, 0.2) is 0 Å². The van der Waals surface area contributed by atoms with Gasteiger partial charge in [-0.15, -0.1) is 0 Å². The van der Waals surface area contributed by atoms with Gasteiger partial charge in [0, 0.05) is 0 Å². The number of aryl methyl sites for hydroxylation is 1. The molecule has 0 fully saturated rings. The molecule has 14 heavy (non-hydrogen) atoms. The lowest BCUT2D eigenvalue weighted by Crippen LogP contribution is -1.83. The van der Waals surface area contributed by atoms with Crippen LogP contribution in [0.2, 0.25) is 0 Å². The average Bonchev–Trinajstić information content (AvgIpc) is 2.19. The lowest BCUT2D eigenvalue weighted by Gasteiger charge is -1.97. The van der Waals surface area contributed by atoms with Gasteiger partial charge in [0.1, 0.15) is 5.83 Å². The molecule has 0 N–H and O–H groups in total. The Hall–Kier alpha value is -1.37. The Morgan fingerprint density at radius 1 is 1.36 bits per heavy atom. The quantitative estimate of drug-likeness (QED) is 0.628. The fourth-order valence-corrected chi connectivity index (χ4v) is 1.18. The standard InChI is InChI=1S/C13H15F/c1-11(2)13(14)10-6-9-12-7-4-3-5-8-12/h3-5,7-8,10H,1,6,9H2,2H3/b13-10-. The first-order valence-electron chi connectivity index (χ1n) is 4.75. The molecule has 0 heterocycles. The van der Waals surface area contributed by atoms with Crippen molar-refractivity contribution in [3.05, 3.63) is 60.0 Å². The van der Waals surface area contributed by atoms with Crippen LogP contribution in [0.15, 0.2) is 54.4 Å². The van der Waals surface area contributed by atoms with E-state index < -0.39 is 0 Å². The van der Waals surface area contributed by atoms with E-state index in [4.69, 9.17) is 0 Å². The number of halogens is 1.